The molecule has 2 N–H and O–H groups in total. The Balaban J connectivity index is 2.58. The number of nitrogens with zero attached hydrogens (tertiary/aromatic N) is 2. The molecule has 2 aromatic rings. The van der Waals surface area contributed by atoms with Crippen LogP contribution in [-0.2, 0) is 0 Å². The van der Waals surface area contributed by atoms with Gasteiger partial charge in [-0.25, -0.2) is 14.4 Å². The summed E-state index contributed by atoms with van der Waals surface area (Å²) >= 11 is 0. The number of hydrogen-bond acceptors (Lipinski definition) is 3. The molecule has 0 atom stereocenters. The molecule has 4 heteroatoms. The molecule has 0 radical (unpaired) electrons. The van der Waals surface area contributed by atoms with E-state index >= 15 is 0 Å². The molecule has 1 aromatic carbocycles. The van der Waals surface area contributed by atoms with Gasteiger partial charge in [-0.15, -0.1) is 0 Å². The van der Waals surface area contributed by atoms with Crippen LogP contribution < -0.4 is 5.73 Å². The van der Waals surface area contributed by atoms with E-state index in [1.807, 2.05) is 6.92 Å². The summed E-state index contributed by atoms with van der Waals surface area (Å²) in [5, 5.41) is 0. The molecule has 76 valence electrons. The quantitative estimate of drug-likeness (QED) is 0.772. The van der Waals surface area contributed by atoms with Gasteiger partial charge in [-0.05, 0) is 24.6 Å². The van der Waals surface area contributed by atoms with Gasteiger partial charge in [0, 0.05) is 11.6 Å². The number of halogens is 1. The van der Waals surface area contributed by atoms with Crippen LogP contribution in [0, 0.1) is 12.7 Å². The minimum absolute atomic E-state index is 0.284. The van der Waals surface area contributed by atoms with Gasteiger partial charge >= 0.3 is 0 Å². The minimum Gasteiger partial charge on any atom is -0.384 e. The molecule has 0 aliphatic rings. The van der Waals surface area contributed by atoms with Crippen molar-refractivity contribution in [2.75, 3.05) is 5.73 Å². The number of nitrogens with two attached hydrogens (primary N) is 1. The molecule has 1 aromatic heterocycles. The largest absolute Gasteiger partial charge is 0.384 e. The summed E-state index contributed by atoms with van der Waals surface area (Å²) in [7, 11) is 0. The van der Waals surface area contributed by atoms with Gasteiger partial charge in [0.05, 0.1) is 5.69 Å². The van der Waals surface area contributed by atoms with Gasteiger partial charge < -0.3 is 5.73 Å². The van der Waals surface area contributed by atoms with Crippen molar-refractivity contribution in [3.63, 3.8) is 0 Å². The molecule has 0 fully saturated rings. The summed E-state index contributed by atoms with van der Waals surface area (Å²) < 4.78 is 13.1. The Bertz CT molecular complexity index is 497. The first-order valence-corrected chi connectivity index (χ1v) is 4.51. The summed E-state index contributed by atoms with van der Waals surface area (Å²) in [4.78, 5) is 7.84. The van der Waals surface area contributed by atoms with E-state index in [2.05, 4.69) is 9.97 Å². The fraction of sp³-hybridized carbons (Fsp3) is 0.0909. The van der Waals surface area contributed by atoms with Crippen molar-refractivity contribution in [1.82, 2.24) is 9.97 Å². The van der Waals surface area contributed by atoms with Crippen molar-refractivity contribution in [2.45, 2.75) is 6.92 Å². The number of aromatic nitrogens is 2. The van der Waals surface area contributed by atoms with Gasteiger partial charge in [0.1, 0.15) is 18.0 Å². The van der Waals surface area contributed by atoms with Crippen LogP contribution in [0.3, 0.4) is 0 Å². The Morgan fingerprint density at radius 1 is 1.20 bits per heavy atom. The first-order valence-electron chi connectivity index (χ1n) is 4.51. The van der Waals surface area contributed by atoms with Crippen LogP contribution in [0.1, 0.15) is 5.56 Å². The number of hydrogen-bond donors (Lipinski definition) is 1. The highest BCUT2D eigenvalue weighted by Gasteiger charge is 2.05. The topological polar surface area (TPSA) is 51.8 Å². The average molecular weight is 203 g/mol. The monoisotopic (exact) mass is 203 g/mol. The third-order valence-electron chi connectivity index (χ3n) is 2.16. The molecule has 0 spiro atoms. The zero-order chi connectivity index (χ0) is 10.8. The first kappa shape index (κ1) is 9.58. The van der Waals surface area contributed by atoms with Crippen LogP contribution in [0.4, 0.5) is 10.2 Å². The SMILES string of the molecule is Cc1ccc(F)cc1-c1cc(N)ncn1. The van der Waals surface area contributed by atoms with E-state index in [-0.39, 0.29) is 5.82 Å². The zero-order valence-corrected chi connectivity index (χ0v) is 8.24. The predicted octanol–water partition coefficient (Wildman–Crippen LogP) is 2.17. The third kappa shape index (κ3) is 1.93. The highest BCUT2D eigenvalue weighted by Crippen LogP contribution is 2.22. The Kier molecular flexibility index (Phi) is 2.33. The average Bonchev–Trinajstić information content (AvgIpc) is 2.22. The van der Waals surface area contributed by atoms with Gasteiger partial charge in [-0.2, -0.15) is 0 Å². The van der Waals surface area contributed by atoms with Gasteiger partial charge in [-0.3, -0.25) is 0 Å². The Morgan fingerprint density at radius 2 is 2.00 bits per heavy atom. The second kappa shape index (κ2) is 3.65. The number of nitrogen functional groups attached to an aromatic ring is 1. The van der Waals surface area contributed by atoms with E-state index in [9.17, 15) is 4.39 Å². The molecule has 0 amide bonds. The highest BCUT2D eigenvalue weighted by atomic mass is 19.1. The van der Waals surface area contributed by atoms with Crippen molar-refractivity contribution in [3.05, 3.63) is 42.0 Å². The van der Waals surface area contributed by atoms with Gasteiger partial charge in [0.15, 0.2) is 0 Å². The molecule has 1 heterocycles. The van der Waals surface area contributed by atoms with Crippen LogP contribution in [0.2, 0.25) is 0 Å². The lowest BCUT2D eigenvalue weighted by Crippen LogP contribution is -1.94. The van der Waals surface area contributed by atoms with Gasteiger partial charge in [-0.1, -0.05) is 6.07 Å². The van der Waals surface area contributed by atoms with E-state index in [0.29, 0.717) is 11.5 Å². The second-order valence-corrected chi connectivity index (χ2v) is 3.29. The predicted molar refractivity (Wildman–Crippen MR) is 56.6 cm³/mol. The van der Waals surface area contributed by atoms with Crippen molar-refractivity contribution >= 4 is 5.82 Å². The molecule has 0 aliphatic carbocycles. The molecule has 0 saturated heterocycles. The molecular formula is C11H10FN3. The minimum atomic E-state index is -0.284. The smallest absolute Gasteiger partial charge is 0.127 e. The zero-order valence-electron chi connectivity index (χ0n) is 8.24. The highest BCUT2D eigenvalue weighted by molar-refractivity contribution is 5.65. The fourth-order valence-electron chi connectivity index (χ4n) is 1.39. The Hall–Kier alpha value is -1.97. The number of anilines is 1. The molecular weight excluding hydrogens is 193 g/mol. The van der Waals surface area contributed by atoms with Crippen LogP contribution in [-0.4, -0.2) is 9.97 Å². The van der Waals surface area contributed by atoms with Crippen molar-refractivity contribution in [2.24, 2.45) is 0 Å². The lowest BCUT2D eigenvalue weighted by molar-refractivity contribution is 0.628. The molecule has 0 bridgehead atoms. The summed E-state index contributed by atoms with van der Waals surface area (Å²) in [6.45, 7) is 1.90. The van der Waals surface area contributed by atoms with Crippen LogP contribution in [0.15, 0.2) is 30.6 Å². The van der Waals surface area contributed by atoms with Gasteiger partial charge in [0.25, 0.3) is 0 Å². The van der Waals surface area contributed by atoms with Gasteiger partial charge in [0.2, 0.25) is 0 Å². The van der Waals surface area contributed by atoms with Crippen LogP contribution in [0.25, 0.3) is 11.3 Å². The number of aryl methyl sites for hydroxylation is 1. The molecule has 2 rings (SSSR count). The Labute approximate surface area is 86.8 Å². The molecule has 0 unspecified atom stereocenters. The number of benzene rings is 1. The Morgan fingerprint density at radius 3 is 2.73 bits per heavy atom. The third-order valence-corrected chi connectivity index (χ3v) is 2.16. The van der Waals surface area contributed by atoms with E-state index in [0.717, 1.165) is 11.1 Å². The summed E-state index contributed by atoms with van der Waals surface area (Å²) in [5.41, 5.74) is 7.87. The van der Waals surface area contributed by atoms with Crippen molar-refractivity contribution in [1.29, 1.82) is 0 Å². The maximum atomic E-state index is 13.1. The maximum absolute atomic E-state index is 13.1. The standard InChI is InChI=1S/C11H10FN3/c1-7-2-3-8(12)4-9(7)10-5-11(13)15-6-14-10/h2-6H,1H3,(H2,13,14,15). The fourth-order valence-corrected chi connectivity index (χ4v) is 1.39. The van der Waals surface area contributed by atoms with Crippen molar-refractivity contribution < 1.29 is 4.39 Å². The maximum Gasteiger partial charge on any atom is 0.127 e. The lowest BCUT2D eigenvalue weighted by Gasteiger charge is -2.05. The van der Waals surface area contributed by atoms with E-state index in [1.54, 1.807) is 12.1 Å². The van der Waals surface area contributed by atoms with E-state index in [4.69, 9.17) is 5.73 Å². The summed E-state index contributed by atoms with van der Waals surface area (Å²) in [6, 6.07) is 6.20. The normalized spacial score (nSPS) is 10.3. The first-order chi connectivity index (χ1) is 7.16. The molecule has 15 heavy (non-hydrogen) atoms. The van der Waals surface area contributed by atoms with Crippen LogP contribution in [0.5, 0.6) is 0 Å². The van der Waals surface area contributed by atoms with Crippen molar-refractivity contribution in [3.8, 4) is 11.3 Å². The molecule has 0 aliphatic heterocycles. The summed E-state index contributed by atoms with van der Waals surface area (Å²) in [6.07, 6.45) is 1.37. The van der Waals surface area contributed by atoms with E-state index in [1.165, 1.54) is 18.5 Å². The van der Waals surface area contributed by atoms with E-state index < -0.39 is 0 Å². The molecule has 0 saturated carbocycles. The lowest BCUT2D eigenvalue weighted by atomic mass is 10.1. The van der Waals surface area contributed by atoms with Crippen LogP contribution >= 0.6 is 0 Å². The second-order valence-electron chi connectivity index (χ2n) is 3.29. The summed E-state index contributed by atoms with van der Waals surface area (Å²) in [5.74, 6) is 0.0939. The molecule has 3 nitrogen and oxygen atoms in total. The number of rotatable bonds is 1.